The van der Waals surface area contributed by atoms with Crippen LogP contribution in [0.3, 0.4) is 0 Å². The summed E-state index contributed by atoms with van der Waals surface area (Å²) in [6.07, 6.45) is 2.45. The number of ether oxygens (including phenoxy) is 2. The Bertz CT molecular complexity index is 1620. The van der Waals surface area contributed by atoms with Crippen LogP contribution in [0.4, 0.5) is 0 Å². The summed E-state index contributed by atoms with van der Waals surface area (Å²) in [6, 6.07) is 30.5. The van der Waals surface area contributed by atoms with E-state index in [1.54, 1.807) is 38.5 Å². The number of amides is 3. The number of fused-ring (bicyclic) bond motifs is 2. The SMILES string of the molecule is COc1cc2c(cc1OC)C(N(Cc1ccccc1)C(=O)CN1C(=O)c3ccccc3C1=O)C(Cc1ccccc1)CC2. The Kier molecular flexibility index (Phi) is 7.97. The average Bonchev–Trinajstić information content (AvgIpc) is 3.28. The van der Waals surface area contributed by atoms with Crippen LogP contribution in [0, 0.1) is 5.92 Å². The van der Waals surface area contributed by atoms with Gasteiger partial charge in [-0.25, -0.2) is 0 Å². The van der Waals surface area contributed by atoms with Crippen molar-refractivity contribution in [3.05, 3.63) is 130 Å². The molecule has 4 aromatic rings. The fraction of sp³-hybridized carbons (Fsp3) is 0.250. The number of imide groups is 1. The molecule has 0 saturated heterocycles. The Labute approximate surface area is 251 Å². The van der Waals surface area contributed by atoms with Gasteiger partial charge in [-0.15, -0.1) is 0 Å². The van der Waals surface area contributed by atoms with Gasteiger partial charge in [-0.3, -0.25) is 19.3 Å². The van der Waals surface area contributed by atoms with E-state index >= 15 is 0 Å². The Balaban J connectivity index is 1.43. The smallest absolute Gasteiger partial charge is 0.262 e. The van der Waals surface area contributed by atoms with Crippen LogP contribution in [0.25, 0.3) is 0 Å². The van der Waals surface area contributed by atoms with E-state index in [0.717, 1.165) is 40.9 Å². The van der Waals surface area contributed by atoms with Gasteiger partial charge >= 0.3 is 0 Å². The highest BCUT2D eigenvalue weighted by atomic mass is 16.5. The summed E-state index contributed by atoms with van der Waals surface area (Å²) in [7, 11) is 3.23. The van der Waals surface area contributed by atoms with Gasteiger partial charge in [0.2, 0.25) is 5.91 Å². The lowest BCUT2D eigenvalue weighted by Crippen LogP contribution is -2.46. The average molecular weight is 575 g/mol. The first-order valence-electron chi connectivity index (χ1n) is 14.6. The Morgan fingerprint density at radius 2 is 1.35 bits per heavy atom. The molecule has 0 radical (unpaired) electrons. The van der Waals surface area contributed by atoms with E-state index in [2.05, 4.69) is 12.1 Å². The highest BCUT2D eigenvalue weighted by Crippen LogP contribution is 2.45. The van der Waals surface area contributed by atoms with Gasteiger partial charge in [0.15, 0.2) is 11.5 Å². The molecule has 2 unspecified atom stereocenters. The van der Waals surface area contributed by atoms with Crippen molar-refractivity contribution < 1.29 is 23.9 Å². The number of hydrogen-bond donors (Lipinski definition) is 0. The van der Waals surface area contributed by atoms with Crippen LogP contribution >= 0.6 is 0 Å². The summed E-state index contributed by atoms with van der Waals surface area (Å²) in [6.45, 7) is -0.0110. The van der Waals surface area contributed by atoms with Crippen molar-refractivity contribution in [2.75, 3.05) is 20.8 Å². The lowest BCUT2D eigenvalue weighted by atomic mass is 9.75. The molecule has 1 aliphatic heterocycles. The number of nitrogens with zero attached hydrogens (tertiary/aromatic N) is 2. The summed E-state index contributed by atoms with van der Waals surface area (Å²) in [5.74, 6) is 0.161. The van der Waals surface area contributed by atoms with E-state index in [9.17, 15) is 14.4 Å². The first-order chi connectivity index (χ1) is 21.0. The number of carbonyl (C=O) groups excluding carboxylic acids is 3. The van der Waals surface area contributed by atoms with Crippen molar-refractivity contribution in [1.29, 1.82) is 0 Å². The number of carbonyl (C=O) groups is 3. The maximum absolute atomic E-state index is 14.5. The normalized spacial score (nSPS) is 17.3. The van der Waals surface area contributed by atoms with Gasteiger partial charge in [-0.2, -0.15) is 0 Å². The summed E-state index contributed by atoms with van der Waals surface area (Å²) in [4.78, 5) is 43.9. The molecule has 43 heavy (non-hydrogen) atoms. The molecule has 0 N–H and O–H groups in total. The van der Waals surface area contributed by atoms with Crippen molar-refractivity contribution in [3.8, 4) is 11.5 Å². The topological polar surface area (TPSA) is 76.2 Å². The molecule has 218 valence electrons. The molecule has 0 aromatic heterocycles. The Morgan fingerprint density at radius 3 is 1.95 bits per heavy atom. The van der Waals surface area contributed by atoms with Crippen LogP contribution in [0.5, 0.6) is 11.5 Å². The van der Waals surface area contributed by atoms with Gasteiger partial charge in [-0.05, 0) is 71.7 Å². The van der Waals surface area contributed by atoms with E-state index in [-0.39, 0.29) is 24.4 Å². The molecule has 0 fully saturated rings. The highest BCUT2D eigenvalue weighted by molar-refractivity contribution is 6.22. The zero-order chi connectivity index (χ0) is 29.9. The van der Waals surface area contributed by atoms with Gasteiger partial charge in [-0.1, -0.05) is 72.8 Å². The van der Waals surface area contributed by atoms with Crippen molar-refractivity contribution in [1.82, 2.24) is 9.80 Å². The number of hydrogen-bond acceptors (Lipinski definition) is 5. The van der Waals surface area contributed by atoms with Crippen LogP contribution < -0.4 is 9.47 Å². The first-order valence-corrected chi connectivity index (χ1v) is 14.6. The van der Waals surface area contributed by atoms with E-state index < -0.39 is 11.8 Å². The Morgan fingerprint density at radius 1 is 0.791 bits per heavy atom. The van der Waals surface area contributed by atoms with Crippen LogP contribution in [0.2, 0.25) is 0 Å². The molecule has 2 aliphatic rings. The van der Waals surface area contributed by atoms with Gasteiger partial charge in [0.25, 0.3) is 11.8 Å². The van der Waals surface area contributed by atoms with Crippen molar-refractivity contribution >= 4 is 17.7 Å². The predicted octanol–water partition coefficient (Wildman–Crippen LogP) is 5.88. The maximum atomic E-state index is 14.5. The molecule has 0 spiro atoms. The minimum atomic E-state index is -0.440. The summed E-state index contributed by atoms with van der Waals surface area (Å²) >= 11 is 0. The Hall–Kier alpha value is -4.91. The molecular weight excluding hydrogens is 540 g/mol. The fourth-order valence-electron chi connectivity index (χ4n) is 6.46. The third-order valence-electron chi connectivity index (χ3n) is 8.56. The molecule has 6 rings (SSSR count). The third-order valence-corrected chi connectivity index (χ3v) is 8.56. The lowest BCUT2D eigenvalue weighted by molar-refractivity contribution is -0.136. The van der Waals surface area contributed by atoms with Crippen molar-refractivity contribution in [2.24, 2.45) is 5.92 Å². The standard InChI is InChI=1S/C36H34N2O5/c1-42-31-20-26-17-18-27(19-24-11-5-3-6-12-24)34(30(26)21-32(31)43-2)37(22-25-13-7-4-8-14-25)33(39)23-38-35(40)28-15-9-10-16-29(28)36(38)41/h3-16,20-21,27,34H,17-19,22-23H2,1-2H3. The number of rotatable bonds is 9. The lowest BCUT2D eigenvalue weighted by Gasteiger charge is -2.42. The molecule has 7 nitrogen and oxygen atoms in total. The highest BCUT2D eigenvalue weighted by Gasteiger charge is 2.41. The summed E-state index contributed by atoms with van der Waals surface area (Å²) in [5, 5.41) is 0. The van der Waals surface area contributed by atoms with Crippen LogP contribution in [0.1, 0.15) is 55.4 Å². The van der Waals surface area contributed by atoms with Gasteiger partial charge in [0.05, 0.1) is 31.4 Å². The van der Waals surface area contributed by atoms with E-state index in [1.807, 2.05) is 65.6 Å². The fourth-order valence-corrected chi connectivity index (χ4v) is 6.46. The minimum Gasteiger partial charge on any atom is -0.493 e. The van der Waals surface area contributed by atoms with E-state index in [4.69, 9.17) is 9.47 Å². The molecular formula is C36H34N2O5. The van der Waals surface area contributed by atoms with Crippen molar-refractivity contribution in [3.63, 3.8) is 0 Å². The molecule has 2 atom stereocenters. The predicted molar refractivity (Wildman–Crippen MR) is 163 cm³/mol. The maximum Gasteiger partial charge on any atom is 0.262 e. The van der Waals surface area contributed by atoms with Crippen LogP contribution in [-0.4, -0.2) is 48.3 Å². The zero-order valence-corrected chi connectivity index (χ0v) is 24.4. The van der Waals surface area contributed by atoms with E-state index in [0.29, 0.717) is 29.2 Å². The number of benzene rings is 4. The van der Waals surface area contributed by atoms with Gasteiger partial charge in [0, 0.05) is 6.54 Å². The molecule has 7 heteroatoms. The number of methoxy groups -OCH3 is 2. The second-order valence-electron chi connectivity index (χ2n) is 11.1. The molecule has 0 bridgehead atoms. The third kappa shape index (κ3) is 5.50. The molecule has 0 saturated carbocycles. The quantitative estimate of drug-likeness (QED) is 0.234. The minimum absolute atomic E-state index is 0.0860. The summed E-state index contributed by atoms with van der Waals surface area (Å²) in [5.41, 5.74) is 4.90. The van der Waals surface area contributed by atoms with Crippen LogP contribution in [0.15, 0.2) is 97.1 Å². The van der Waals surface area contributed by atoms with Crippen LogP contribution in [-0.2, 0) is 24.2 Å². The van der Waals surface area contributed by atoms with Gasteiger partial charge < -0.3 is 14.4 Å². The molecule has 4 aromatic carbocycles. The zero-order valence-electron chi connectivity index (χ0n) is 24.4. The van der Waals surface area contributed by atoms with E-state index in [1.165, 1.54) is 5.56 Å². The van der Waals surface area contributed by atoms with Crippen molar-refractivity contribution in [2.45, 2.75) is 31.8 Å². The number of aryl methyl sites for hydroxylation is 1. The second-order valence-corrected chi connectivity index (χ2v) is 11.1. The molecule has 1 aliphatic carbocycles. The summed E-state index contributed by atoms with van der Waals surface area (Å²) < 4.78 is 11.3. The molecule has 1 heterocycles. The second kappa shape index (κ2) is 12.1. The molecule has 3 amide bonds. The monoisotopic (exact) mass is 574 g/mol. The first kappa shape index (κ1) is 28.2. The van der Waals surface area contributed by atoms with Gasteiger partial charge in [0.1, 0.15) is 6.54 Å². The largest absolute Gasteiger partial charge is 0.493 e.